The molecule has 0 saturated heterocycles. The van der Waals surface area contributed by atoms with Crippen LogP contribution in [-0.4, -0.2) is 58.5 Å². The van der Waals surface area contributed by atoms with E-state index in [0.29, 0.717) is 17.3 Å². The molecule has 0 radical (unpaired) electrons. The van der Waals surface area contributed by atoms with E-state index in [2.05, 4.69) is 10.2 Å². The summed E-state index contributed by atoms with van der Waals surface area (Å²) < 4.78 is 11.8. The first-order valence-corrected chi connectivity index (χ1v) is 10.2. The molecule has 2 N–H and O–H groups in total. The van der Waals surface area contributed by atoms with Crippen molar-refractivity contribution >= 4 is 33.3 Å². The highest BCUT2D eigenvalue weighted by molar-refractivity contribution is 7.22. The number of anilines is 1. The third-order valence-electron chi connectivity index (χ3n) is 4.06. The van der Waals surface area contributed by atoms with Crippen LogP contribution in [0.2, 0.25) is 0 Å². The van der Waals surface area contributed by atoms with Crippen molar-refractivity contribution in [3.05, 3.63) is 36.4 Å². The fraction of sp³-hybridized carbons (Fsp3) is 0.381. The van der Waals surface area contributed by atoms with E-state index in [9.17, 15) is 9.90 Å². The number of aromatic nitrogens is 2. The van der Waals surface area contributed by atoms with E-state index < -0.39 is 17.8 Å². The monoisotopic (exact) mass is 431 g/mol. The second-order valence-corrected chi connectivity index (χ2v) is 8.86. The molecule has 1 atom stereocenters. The van der Waals surface area contributed by atoms with Gasteiger partial charge < -0.3 is 19.7 Å². The number of carbonyl (C=O) groups excluding carboxylic acids is 1. The summed E-state index contributed by atoms with van der Waals surface area (Å²) in [4.78, 5) is 14.4. The van der Waals surface area contributed by atoms with Gasteiger partial charge in [0.1, 0.15) is 29.8 Å². The Kier molecular flexibility index (Phi) is 6.55. The zero-order chi connectivity index (χ0) is 21.9. The molecule has 0 aliphatic rings. The molecule has 9 heteroatoms. The van der Waals surface area contributed by atoms with Crippen LogP contribution in [0, 0.1) is 0 Å². The number of thiophene rings is 1. The maximum Gasteiger partial charge on any atom is 0.415 e. The number of amides is 1. The molecule has 3 aromatic rings. The molecule has 2 aromatic heterocycles. The number of hydrogen-bond acceptors (Lipinski definition) is 8. The second-order valence-electron chi connectivity index (χ2n) is 7.77. The normalized spacial score (nSPS) is 12.6. The standard InChI is InChI=1S/C21H25N3O5S/c1-21(2,3)29-20(27)24(4)19-8-7-16(22-23-19)18-9-13-5-6-15(10-17(13)30-18)28-12-14(26)11-25/h5-10,14,25-26H,11-12H2,1-4H3/t14-/m1/s1. The van der Waals surface area contributed by atoms with Crippen molar-refractivity contribution in [3.8, 4) is 16.3 Å². The molecule has 0 fully saturated rings. The van der Waals surface area contributed by atoms with Gasteiger partial charge in [0.05, 0.1) is 11.5 Å². The third kappa shape index (κ3) is 5.44. The van der Waals surface area contributed by atoms with Crippen LogP contribution in [0.25, 0.3) is 20.7 Å². The van der Waals surface area contributed by atoms with Crippen LogP contribution in [-0.2, 0) is 4.74 Å². The Balaban J connectivity index is 1.75. The molecule has 1 amide bonds. The molecule has 3 rings (SSSR count). The van der Waals surface area contributed by atoms with Crippen LogP contribution in [0.1, 0.15) is 20.8 Å². The summed E-state index contributed by atoms with van der Waals surface area (Å²) in [5.41, 5.74) is 0.102. The third-order valence-corrected chi connectivity index (χ3v) is 5.18. The van der Waals surface area contributed by atoms with E-state index in [1.54, 1.807) is 33.9 Å². The van der Waals surface area contributed by atoms with E-state index in [1.165, 1.54) is 16.2 Å². The van der Waals surface area contributed by atoms with Gasteiger partial charge in [-0.15, -0.1) is 21.5 Å². The highest BCUT2D eigenvalue weighted by atomic mass is 32.1. The van der Waals surface area contributed by atoms with Crippen molar-refractivity contribution in [2.24, 2.45) is 0 Å². The minimum absolute atomic E-state index is 0.0261. The zero-order valence-electron chi connectivity index (χ0n) is 17.3. The summed E-state index contributed by atoms with van der Waals surface area (Å²) in [6.07, 6.45) is -1.41. The minimum Gasteiger partial charge on any atom is -0.491 e. The van der Waals surface area contributed by atoms with Crippen molar-refractivity contribution < 1.29 is 24.5 Å². The highest BCUT2D eigenvalue weighted by Gasteiger charge is 2.21. The van der Waals surface area contributed by atoms with Gasteiger partial charge in [-0.1, -0.05) is 0 Å². The topological polar surface area (TPSA) is 105 Å². The lowest BCUT2D eigenvalue weighted by molar-refractivity contribution is 0.0536. The predicted octanol–water partition coefficient (Wildman–Crippen LogP) is 3.46. The molecule has 1 aromatic carbocycles. The van der Waals surface area contributed by atoms with Crippen LogP contribution < -0.4 is 9.64 Å². The molecule has 8 nitrogen and oxygen atoms in total. The Hall–Kier alpha value is -2.75. The predicted molar refractivity (Wildman–Crippen MR) is 116 cm³/mol. The number of aliphatic hydroxyl groups excluding tert-OH is 2. The van der Waals surface area contributed by atoms with E-state index in [1.807, 2.05) is 30.3 Å². The largest absolute Gasteiger partial charge is 0.491 e. The summed E-state index contributed by atoms with van der Waals surface area (Å²) in [6, 6.07) is 11.2. The van der Waals surface area contributed by atoms with Crippen LogP contribution in [0.5, 0.6) is 5.75 Å². The van der Waals surface area contributed by atoms with Gasteiger partial charge in [0, 0.05) is 11.7 Å². The fourth-order valence-electron chi connectivity index (χ4n) is 2.53. The van der Waals surface area contributed by atoms with Gasteiger partial charge in [-0.05, 0) is 62.6 Å². The summed E-state index contributed by atoms with van der Waals surface area (Å²) >= 11 is 1.53. The fourth-order valence-corrected chi connectivity index (χ4v) is 3.59. The maximum atomic E-state index is 12.2. The first-order valence-electron chi connectivity index (χ1n) is 9.42. The molecule has 0 aliphatic heterocycles. The van der Waals surface area contributed by atoms with E-state index >= 15 is 0 Å². The Morgan fingerprint density at radius 1 is 1.20 bits per heavy atom. The van der Waals surface area contributed by atoms with E-state index in [4.69, 9.17) is 14.6 Å². The van der Waals surface area contributed by atoms with Gasteiger partial charge in [-0.25, -0.2) is 4.79 Å². The lowest BCUT2D eigenvalue weighted by Crippen LogP contribution is -2.34. The van der Waals surface area contributed by atoms with Crippen LogP contribution in [0.4, 0.5) is 10.6 Å². The molecular weight excluding hydrogens is 406 g/mol. The average Bonchev–Trinajstić information content (AvgIpc) is 3.13. The van der Waals surface area contributed by atoms with Gasteiger partial charge >= 0.3 is 6.09 Å². The number of aliphatic hydroxyl groups is 2. The van der Waals surface area contributed by atoms with Crippen molar-refractivity contribution in [2.75, 3.05) is 25.2 Å². The first kappa shape index (κ1) is 21.9. The van der Waals surface area contributed by atoms with Gasteiger partial charge in [0.15, 0.2) is 5.82 Å². The highest BCUT2D eigenvalue weighted by Crippen LogP contribution is 2.34. The lowest BCUT2D eigenvalue weighted by Gasteiger charge is -2.23. The molecule has 0 saturated carbocycles. The van der Waals surface area contributed by atoms with E-state index in [-0.39, 0.29) is 13.2 Å². The smallest absolute Gasteiger partial charge is 0.415 e. The SMILES string of the molecule is CN(C(=O)OC(C)(C)C)c1ccc(-c2cc3ccc(OC[C@H](O)CO)cc3s2)nn1. The van der Waals surface area contributed by atoms with Crippen molar-refractivity contribution in [1.82, 2.24) is 10.2 Å². The summed E-state index contributed by atoms with van der Waals surface area (Å²) in [5, 5.41) is 27.7. The Labute approximate surface area is 178 Å². The Bertz CT molecular complexity index is 1010. The number of hydrogen-bond donors (Lipinski definition) is 2. The van der Waals surface area contributed by atoms with Crippen LogP contribution in [0.3, 0.4) is 0 Å². The number of carbonyl (C=O) groups is 1. The van der Waals surface area contributed by atoms with E-state index in [0.717, 1.165) is 15.0 Å². The van der Waals surface area contributed by atoms with Crippen molar-refractivity contribution in [1.29, 1.82) is 0 Å². The van der Waals surface area contributed by atoms with Gasteiger partial charge in [-0.2, -0.15) is 0 Å². The van der Waals surface area contributed by atoms with Gasteiger partial charge in [0.2, 0.25) is 0 Å². The Morgan fingerprint density at radius 2 is 1.97 bits per heavy atom. The Morgan fingerprint density at radius 3 is 2.60 bits per heavy atom. The summed E-state index contributed by atoms with van der Waals surface area (Å²) in [7, 11) is 1.59. The summed E-state index contributed by atoms with van der Waals surface area (Å²) in [6.45, 7) is 5.10. The number of ether oxygens (including phenoxy) is 2. The molecule has 160 valence electrons. The van der Waals surface area contributed by atoms with Crippen molar-refractivity contribution in [2.45, 2.75) is 32.5 Å². The zero-order valence-corrected chi connectivity index (χ0v) is 18.1. The quantitative estimate of drug-likeness (QED) is 0.616. The molecule has 0 spiro atoms. The number of fused-ring (bicyclic) bond motifs is 1. The van der Waals surface area contributed by atoms with Gasteiger partial charge in [-0.3, -0.25) is 4.90 Å². The molecule has 0 bridgehead atoms. The lowest BCUT2D eigenvalue weighted by atomic mass is 10.2. The van der Waals surface area contributed by atoms with Crippen LogP contribution >= 0.6 is 11.3 Å². The maximum absolute atomic E-state index is 12.2. The molecule has 2 heterocycles. The first-order chi connectivity index (χ1) is 14.2. The number of rotatable bonds is 6. The van der Waals surface area contributed by atoms with Gasteiger partial charge in [0.25, 0.3) is 0 Å². The molecule has 30 heavy (non-hydrogen) atoms. The van der Waals surface area contributed by atoms with Crippen LogP contribution in [0.15, 0.2) is 36.4 Å². The number of benzene rings is 1. The molecule has 0 unspecified atom stereocenters. The molecule has 0 aliphatic carbocycles. The second kappa shape index (κ2) is 8.95. The average molecular weight is 432 g/mol. The number of nitrogens with zero attached hydrogens (tertiary/aromatic N) is 3. The minimum atomic E-state index is -0.910. The molecular formula is C21H25N3O5S. The van der Waals surface area contributed by atoms with Crippen molar-refractivity contribution in [3.63, 3.8) is 0 Å². The summed E-state index contributed by atoms with van der Waals surface area (Å²) in [5.74, 6) is 1.01.